The lowest BCUT2D eigenvalue weighted by Gasteiger charge is -2.09. The van der Waals surface area contributed by atoms with Gasteiger partial charge in [0.05, 0.1) is 17.9 Å². The van der Waals surface area contributed by atoms with E-state index in [2.05, 4.69) is 10.4 Å². The summed E-state index contributed by atoms with van der Waals surface area (Å²) in [6.45, 7) is 2.78. The lowest BCUT2D eigenvalue weighted by molar-refractivity contribution is -0.117. The largest absolute Gasteiger partial charge is 0.322 e. The topological polar surface area (TPSA) is 72.9 Å². The molecule has 0 bridgehead atoms. The fraction of sp³-hybridized carbons (Fsp3) is 0.600. The van der Waals surface area contributed by atoms with Crippen molar-refractivity contribution in [1.82, 2.24) is 9.78 Å². The molecule has 1 heterocycles. The summed E-state index contributed by atoms with van der Waals surface area (Å²) in [4.78, 5) is 11.6. The molecular weight excluding hydrogens is 260 g/mol. The second-order valence-electron chi connectivity index (χ2n) is 3.46. The molecule has 0 saturated heterocycles. The van der Waals surface area contributed by atoms with Crippen LogP contribution < -0.4 is 11.1 Å². The fourth-order valence-corrected chi connectivity index (χ4v) is 1.70. The Kier molecular flexibility index (Phi) is 8.03. The number of halogens is 1. The van der Waals surface area contributed by atoms with E-state index in [1.54, 1.807) is 28.8 Å². The van der Waals surface area contributed by atoms with Crippen LogP contribution in [-0.4, -0.2) is 33.7 Å². The lowest BCUT2D eigenvalue weighted by atomic mass is 10.2. The molecule has 0 aliphatic heterocycles. The second kappa shape index (κ2) is 8.38. The highest BCUT2D eigenvalue weighted by Gasteiger charge is 2.13. The van der Waals surface area contributed by atoms with Crippen molar-refractivity contribution in [2.45, 2.75) is 25.9 Å². The third-order valence-electron chi connectivity index (χ3n) is 2.19. The Balaban J connectivity index is 0.00000256. The van der Waals surface area contributed by atoms with Crippen molar-refractivity contribution in [1.29, 1.82) is 0 Å². The number of anilines is 1. The molecule has 0 aliphatic rings. The first-order valence-electron chi connectivity index (χ1n) is 5.25. The van der Waals surface area contributed by atoms with Crippen LogP contribution in [0.25, 0.3) is 0 Å². The van der Waals surface area contributed by atoms with Crippen molar-refractivity contribution in [3.8, 4) is 0 Å². The third kappa shape index (κ3) is 5.43. The number of rotatable bonds is 6. The van der Waals surface area contributed by atoms with Crippen LogP contribution in [0.5, 0.6) is 0 Å². The summed E-state index contributed by atoms with van der Waals surface area (Å²) < 4.78 is 1.75. The molecule has 5 nitrogen and oxygen atoms in total. The summed E-state index contributed by atoms with van der Waals surface area (Å²) in [5, 5.41) is 6.82. The van der Waals surface area contributed by atoms with Gasteiger partial charge in [-0.3, -0.25) is 9.48 Å². The molecule has 0 saturated carbocycles. The number of amides is 1. The average molecular weight is 279 g/mol. The molecule has 98 valence electrons. The molecule has 0 aromatic carbocycles. The van der Waals surface area contributed by atoms with Gasteiger partial charge < -0.3 is 11.1 Å². The monoisotopic (exact) mass is 278 g/mol. The number of nitrogens with two attached hydrogens (primary N) is 1. The van der Waals surface area contributed by atoms with Crippen LogP contribution in [0.1, 0.15) is 13.3 Å². The minimum absolute atomic E-state index is 0. The number of hydrogen-bond donors (Lipinski definition) is 2. The maximum Gasteiger partial charge on any atom is 0.241 e. The molecular formula is C10H19ClN4OS. The Labute approximate surface area is 112 Å². The minimum atomic E-state index is -0.447. The van der Waals surface area contributed by atoms with Gasteiger partial charge in [-0.05, 0) is 25.4 Å². The molecule has 1 amide bonds. The summed E-state index contributed by atoms with van der Waals surface area (Å²) >= 11 is 1.68. The summed E-state index contributed by atoms with van der Waals surface area (Å²) in [6, 6.07) is -0.447. The number of nitrogens with one attached hydrogen (secondary N) is 1. The number of carbonyl (C=O) groups excluding carboxylic acids is 1. The van der Waals surface area contributed by atoms with Crippen LogP contribution in [-0.2, 0) is 11.3 Å². The highest BCUT2D eigenvalue weighted by atomic mass is 35.5. The number of hydrogen-bond acceptors (Lipinski definition) is 4. The molecule has 3 N–H and O–H groups in total. The quantitative estimate of drug-likeness (QED) is 0.824. The zero-order valence-electron chi connectivity index (χ0n) is 10.0. The van der Waals surface area contributed by atoms with E-state index in [0.717, 1.165) is 12.3 Å². The van der Waals surface area contributed by atoms with E-state index in [4.69, 9.17) is 5.73 Å². The highest BCUT2D eigenvalue weighted by molar-refractivity contribution is 7.98. The molecule has 0 radical (unpaired) electrons. The highest BCUT2D eigenvalue weighted by Crippen LogP contribution is 2.06. The van der Waals surface area contributed by atoms with Gasteiger partial charge in [0.15, 0.2) is 0 Å². The van der Waals surface area contributed by atoms with E-state index < -0.39 is 6.04 Å². The van der Waals surface area contributed by atoms with E-state index in [9.17, 15) is 4.79 Å². The number of carbonyl (C=O) groups is 1. The Hall–Kier alpha value is -0.720. The minimum Gasteiger partial charge on any atom is -0.322 e. The Morgan fingerprint density at radius 3 is 2.94 bits per heavy atom. The van der Waals surface area contributed by atoms with E-state index in [1.807, 2.05) is 13.2 Å². The van der Waals surface area contributed by atoms with Crippen molar-refractivity contribution >= 4 is 35.8 Å². The van der Waals surface area contributed by atoms with E-state index >= 15 is 0 Å². The van der Waals surface area contributed by atoms with Crippen LogP contribution in [0.3, 0.4) is 0 Å². The van der Waals surface area contributed by atoms with Crippen molar-refractivity contribution in [3.05, 3.63) is 12.4 Å². The van der Waals surface area contributed by atoms with Gasteiger partial charge in [0.1, 0.15) is 0 Å². The van der Waals surface area contributed by atoms with Crippen LogP contribution in [0.2, 0.25) is 0 Å². The predicted octanol–water partition coefficient (Wildman–Crippen LogP) is 1.34. The molecule has 0 spiro atoms. The van der Waals surface area contributed by atoms with E-state index in [1.165, 1.54) is 0 Å². The maximum absolute atomic E-state index is 11.6. The summed E-state index contributed by atoms with van der Waals surface area (Å²) in [7, 11) is 0. The molecule has 1 rings (SSSR count). The zero-order chi connectivity index (χ0) is 12.0. The number of aryl methyl sites for hydroxylation is 1. The Morgan fingerprint density at radius 2 is 2.41 bits per heavy atom. The number of nitrogens with zero attached hydrogens (tertiary/aromatic N) is 2. The van der Waals surface area contributed by atoms with Crippen molar-refractivity contribution in [3.63, 3.8) is 0 Å². The normalized spacial score (nSPS) is 11.7. The van der Waals surface area contributed by atoms with Gasteiger partial charge >= 0.3 is 0 Å². The summed E-state index contributed by atoms with van der Waals surface area (Å²) in [6.07, 6.45) is 6.10. The zero-order valence-corrected chi connectivity index (χ0v) is 11.7. The van der Waals surface area contributed by atoms with Crippen LogP contribution in [0, 0.1) is 0 Å². The van der Waals surface area contributed by atoms with Crippen molar-refractivity contribution < 1.29 is 4.79 Å². The lowest BCUT2D eigenvalue weighted by Crippen LogP contribution is -2.35. The van der Waals surface area contributed by atoms with Crippen molar-refractivity contribution in [2.24, 2.45) is 5.73 Å². The standard InChI is InChI=1S/C10H18N4OS.ClH/c1-3-14-7-8(6-12-14)13-10(15)9(11)4-5-16-2;/h6-7,9H,3-5,11H2,1-2H3,(H,13,15);1H/t9-;/m0./s1. The molecule has 0 aliphatic carbocycles. The van der Waals surface area contributed by atoms with Crippen LogP contribution in [0.4, 0.5) is 5.69 Å². The summed E-state index contributed by atoms with van der Waals surface area (Å²) in [5.74, 6) is 0.743. The average Bonchev–Trinajstić information content (AvgIpc) is 2.73. The first-order valence-corrected chi connectivity index (χ1v) is 6.64. The van der Waals surface area contributed by atoms with Gasteiger partial charge in [0, 0.05) is 12.7 Å². The molecule has 1 aromatic heterocycles. The van der Waals surface area contributed by atoms with Crippen LogP contribution >= 0.6 is 24.2 Å². The van der Waals surface area contributed by atoms with Gasteiger partial charge in [0.25, 0.3) is 0 Å². The third-order valence-corrected chi connectivity index (χ3v) is 2.84. The SMILES string of the molecule is CCn1cc(NC(=O)[C@@H](N)CCSC)cn1.Cl. The Bertz CT molecular complexity index is 345. The second-order valence-corrected chi connectivity index (χ2v) is 4.45. The molecule has 17 heavy (non-hydrogen) atoms. The maximum atomic E-state index is 11.6. The first kappa shape index (κ1) is 16.3. The Morgan fingerprint density at radius 1 is 1.71 bits per heavy atom. The van der Waals surface area contributed by atoms with E-state index in [-0.39, 0.29) is 18.3 Å². The number of aromatic nitrogens is 2. The van der Waals surface area contributed by atoms with Gasteiger partial charge in [-0.25, -0.2) is 0 Å². The fourth-order valence-electron chi connectivity index (χ4n) is 1.21. The number of thioether (sulfide) groups is 1. The molecule has 1 atom stereocenters. The van der Waals surface area contributed by atoms with Crippen molar-refractivity contribution in [2.75, 3.05) is 17.3 Å². The molecule has 1 aromatic rings. The van der Waals surface area contributed by atoms with Crippen LogP contribution in [0.15, 0.2) is 12.4 Å². The van der Waals surface area contributed by atoms with Gasteiger partial charge in [-0.15, -0.1) is 12.4 Å². The molecule has 0 fully saturated rings. The van der Waals surface area contributed by atoms with Gasteiger partial charge in [-0.2, -0.15) is 16.9 Å². The first-order chi connectivity index (χ1) is 7.67. The molecule has 0 unspecified atom stereocenters. The summed E-state index contributed by atoms with van der Waals surface area (Å²) in [5.41, 5.74) is 6.44. The van der Waals surface area contributed by atoms with Gasteiger partial charge in [0.2, 0.25) is 5.91 Å². The molecule has 7 heteroatoms. The van der Waals surface area contributed by atoms with Gasteiger partial charge in [-0.1, -0.05) is 0 Å². The van der Waals surface area contributed by atoms with E-state index in [0.29, 0.717) is 12.1 Å². The predicted molar refractivity (Wildman–Crippen MR) is 74.8 cm³/mol. The smallest absolute Gasteiger partial charge is 0.241 e.